The smallest absolute Gasteiger partial charge is 0.399 e. The van der Waals surface area contributed by atoms with Crippen LogP contribution in [0.2, 0.25) is 0 Å². The second kappa shape index (κ2) is 7.94. The van der Waals surface area contributed by atoms with Gasteiger partial charge in [0.05, 0.1) is 17.8 Å². The van der Waals surface area contributed by atoms with E-state index in [4.69, 9.17) is 14.4 Å². The molecule has 0 aromatic carbocycles. The predicted molar refractivity (Wildman–Crippen MR) is 104 cm³/mol. The van der Waals surface area contributed by atoms with Gasteiger partial charge in [-0.2, -0.15) is 0 Å². The molecule has 0 aliphatic carbocycles. The second-order valence-corrected chi connectivity index (χ2v) is 8.39. The molecule has 0 unspecified atom stereocenters. The number of hydrogen-bond donors (Lipinski definition) is 3. The predicted octanol–water partition coefficient (Wildman–Crippen LogP) is -0.468. The number of carbonyl (C=O) groups excluding carboxylic acids is 1. The lowest BCUT2D eigenvalue weighted by Crippen LogP contribution is -2.49. The van der Waals surface area contributed by atoms with Crippen LogP contribution < -0.4 is 10.8 Å². The maximum absolute atomic E-state index is 12.1. The van der Waals surface area contributed by atoms with Gasteiger partial charge in [0.15, 0.2) is 6.10 Å². The number of hydrogen-bond acceptors (Lipinski definition) is 8. The Morgan fingerprint density at radius 3 is 2.50 bits per heavy atom. The summed E-state index contributed by atoms with van der Waals surface area (Å²) in [7, 11) is -0.512. The average molecular weight is 392 g/mol. The summed E-state index contributed by atoms with van der Waals surface area (Å²) < 4.78 is 12.0. The number of nitrogens with one attached hydrogen (secondary N) is 1. The van der Waals surface area contributed by atoms with Crippen molar-refractivity contribution in [1.82, 2.24) is 14.9 Å². The molecule has 1 aromatic rings. The quantitative estimate of drug-likeness (QED) is 0.576. The van der Waals surface area contributed by atoms with Crippen molar-refractivity contribution in [3.63, 3.8) is 0 Å². The monoisotopic (exact) mass is 392 g/mol. The molecule has 0 spiro atoms. The van der Waals surface area contributed by atoms with E-state index in [0.717, 1.165) is 18.3 Å². The number of nitrogens with zero attached hydrogens (tertiary/aromatic N) is 3. The van der Waals surface area contributed by atoms with Crippen LogP contribution in [-0.4, -0.2) is 81.2 Å². The van der Waals surface area contributed by atoms with Crippen LogP contribution in [0, 0.1) is 0 Å². The first-order chi connectivity index (χ1) is 13.1. The van der Waals surface area contributed by atoms with E-state index >= 15 is 0 Å². The molecule has 1 amide bonds. The lowest BCUT2D eigenvalue weighted by atomic mass is 9.81. The molecule has 3 rings (SSSR count). The van der Waals surface area contributed by atoms with Gasteiger partial charge in [0.25, 0.3) is 5.91 Å². The first-order valence-corrected chi connectivity index (χ1v) is 9.65. The Hall–Kier alpha value is -1.75. The third kappa shape index (κ3) is 4.30. The fourth-order valence-corrected chi connectivity index (χ4v) is 3.28. The third-order valence-electron chi connectivity index (χ3n) is 5.72. The number of anilines is 1. The van der Waals surface area contributed by atoms with E-state index in [1.807, 2.05) is 27.7 Å². The Labute approximate surface area is 165 Å². The highest BCUT2D eigenvalue weighted by atomic mass is 16.7. The maximum Gasteiger partial charge on any atom is 0.498 e. The average Bonchev–Trinajstić information content (AvgIpc) is 2.88. The molecule has 154 valence electrons. The fourth-order valence-electron chi connectivity index (χ4n) is 3.28. The van der Waals surface area contributed by atoms with Gasteiger partial charge >= 0.3 is 7.12 Å². The summed E-state index contributed by atoms with van der Waals surface area (Å²) in [4.78, 5) is 22.3. The molecule has 2 fully saturated rings. The van der Waals surface area contributed by atoms with Crippen molar-refractivity contribution < 1.29 is 24.3 Å². The van der Waals surface area contributed by atoms with E-state index in [1.165, 1.54) is 0 Å². The first kappa shape index (κ1) is 21.0. The number of amides is 1. The SMILES string of the molecule is CC1(C)OB(c2cnc(N[C@H]3CCCN(C(=O)[C@@H](O)CO)C3)nc2)OC1(C)C. The van der Waals surface area contributed by atoms with E-state index in [0.29, 0.717) is 19.0 Å². The Morgan fingerprint density at radius 2 is 1.93 bits per heavy atom. The summed E-state index contributed by atoms with van der Waals surface area (Å²) >= 11 is 0. The number of likely N-dealkylation sites (tertiary alicyclic amines) is 1. The van der Waals surface area contributed by atoms with Crippen LogP contribution >= 0.6 is 0 Å². The van der Waals surface area contributed by atoms with Crippen LogP contribution in [0.15, 0.2) is 12.4 Å². The fraction of sp³-hybridized carbons (Fsp3) is 0.722. The molecule has 0 radical (unpaired) electrons. The van der Waals surface area contributed by atoms with Crippen molar-refractivity contribution in [2.24, 2.45) is 0 Å². The highest BCUT2D eigenvalue weighted by Crippen LogP contribution is 2.36. The standard InChI is InChI=1S/C18H29BN4O5/c1-17(2)18(3,4)28-19(27-17)12-8-20-16(21-9-12)22-13-6-5-7-23(10-13)15(26)14(25)11-24/h8-9,13-14,24-25H,5-7,10-11H2,1-4H3,(H,20,21,22)/t13-,14-/m0/s1. The van der Waals surface area contributed by atoms with Crippen LogP contribution in [0.25, 0.3) is 0 Å². The number of piperidine rings is 1. The summed E-state index contributed by atoms with van der Waals surface area (Å²) in [5.74, 6) is 0.00768. The van der Waals surface area contributed by atoms with E-state index in [1.54, 1.807) is 17.3 Å². The molecule has 28 heavy (non-hydrogen) atoms. The van der Waals surface area contributed by atoms with Gasteiger partial charge in [0, 0.05) is 37.0 Å². The third-order valence-corrected chi connectivity index (χ3v) is 5.72. The zero-order valence-corrected chi connectivity index (χ0v) is 16.9. The van der Waals surface area contributed by atoms with E-state index in [9.17, 15) is 9.90 Å². The largest absolute Gasteiger partial charge is 0.498 e. The molecule has 9 nitrogen and oxygen atoms in total. The molecule has 3 heterocycles. The maximum atomic E-state index is 12.1. The molecule has 2 aliphatic rings. The van der Waals surface area contributed by atoms with Gasteiger partial charge < -0.3 is 29.7 Å². The molecule has 0 bridgehead atoms. The van der Waals surface area contributed by atoms with Gasteiger partial charge in [-0.25, -0.2) is 9.97 Å². The number of rotatable bonds is 5. The lowest BCUT2D eigenvalue weighted by Gasteiger charge is -2.34. The molecular formula is C18H29BN4O5. The van der Waals surface area contributed by atoms with E-state index < -0.39 is 36.9 Å². The molecule has 1 aromatic heterocycles. The number of aliphatic hydroxyl groups is 2. The first-order valence-electron chi connectivity index (χ1n) is 9.65. The van der Waals surface area contributed by atoms with Gasteiger partial charge in [-0.15, -0.1) is 0 Å². The molecule has 2 saturated heterocycles. The minimum absolute atomic E-state index is 0.0220. The highest BCUT2D eigenvalue weighted by molar-refractivity contribution is 6.61. The zero-order chi connectivity index (χ0) is 20.5. The van der Waals surface area contributed by atoms with Crippen molar-refractivity contribution in [2.45, 2.75) is 63.9 Å². The van der Waals surface area contributed by atoms with Crippen molar-refractivity contribution in [1.29, 1.82) is 0 Å². The summed E-state index contributed by atoms with van der Waals surface area (Å²) in [5, 5.41) is 21.7. The van der Waals surface area contributed by atoms with E-state index in [-0.39, 0.29) is 6.04 Å². The van der Waals surface area contributed by atoms with E-state index in [2.05, 4.69) is 15.3 Å². The second-order valence-electron chi connectivity index (χ2n) is 8.39. The van der Waals surface area contributed by atoms with Crippen LogP contribution in [0.1, 0.15) is 40.5 Å². The Morgan fingerprint density at radius 1 is 1.32 bits per heavy atom. The van der Waals surface area contributed by atoms with Gasteiger partial charge in [0.2, 0.25) is 5.95 Å². The summed E-state index contributed by atoms with van der Waals surface area (Å²) in [6.45, 7) is 8.40. The highest BCUT2D eigenvalue weighted by Gasteiger charge is 2.52. The molecule has 2 atom stereocenters. The normalized spacial score (nSPS) is 24.9. The van der Waals surface area contributed by atoms with Gasteiger partial charge in [-0.3, -0.25) is 4.79 Å². The van der Waals surface area contributed by atoms with Crippen LogP contribution in [0.5, 0.6) is 0 Å². The number of carbonyl (C=O) groups is 1. The van der Waals surface area contributed by atoms with Crippen LogP contribution in [-0.2, 0) is 14.1 Å². The van der Waals surface area contributed by atoms with Crippen LogP contribution in [0.3, 0.4) is 0 Å². The summed E-state index contributed by atoms with van der Waals surface area (Å²) in [5.41, 5.74) is -0.104. The van der Waals surface area contributed by atoms with Gasteiger partial charge in [0.1, 0.15) is 0 Å². The molecule has 10 heteroatoms. The minimum Gasteiger partial charge on any atom is -0.399 e. The minimum atomic E-state index is -1.37. The molecule has 2 aliphatic heterocycles. The number of aromatic nitrogens is 2. The zero-order valence-electron chi connectivity index (χ0n) is 16.9. The van der Waals surface area contributed by atoms with Crippen molar-refractivity contribution in [3.05, 3.63) is 12.4 Å². The lowest BCUT2D eigenvalue weighted by molar-refractivity contribution is -0.143. The molecule has 0 saturated carbocycles. The van der Waals surface area contributed by atoms with Crippen LogP contribution in [0.4, 0.5) is 5.95 Å². The molecule has 3 N–H and O–H groups in total. The topological polar surface area (TPSA) is 117 Å². The summed E-state index contributed by atoms with van der Waals surface area (Å²) in [6.07, 6.45) is 3.65. The van der Waals surface area contributed by atoms with Crippen molar-refractivity contribution >= 4 is 24.4 Å². The Bertz CT molecular complexity index is 684. The van der Waals surface area contributed by atoms with Gasteiger partial charge in [-0.1, -0.05) is 0 Å². The Kier molecular flexibility index (Phi) is 5.95. The van der Waals surface area contributed by atoms with Crippen molar-refractivity contribution in [2.75, 3.05) is 25.0 Å². The number of aliphatic hydroxyl groups excluding tert-OH is 2. The summed E-state index contributed by atoms with van der Waals surface area (Å²) in [6, 6.07) is -0.0220. The Balaban J connectivity index is 1.60. The van der Waals surface area contributed by atoms with Crippen molar-refractivity contribution in [3.8, 4) is 0 Å². The van der Waals surface area contributed by atoms with Gasteiger partial charge in [-0.05, 0) is 40.5 Å². The molecular weight excluding hydrogens is 363 g/mol.